The van der Waals surface area contributed by atoms with Crippen molar-refractivity contribution < 1.29 is 0 Å². The Labute approximate surface area is 131 Å². The lowest BCUT2D eigenvalue weighted by molar-refractivity contribution is 0.782. The van der Waals surface area contributed by atoms with Gasteiger partial charge in [0, 0.05) is 35.6 Å². The Morgan fingerprint density at radius 2 is 1.86 bits per heavy atom. The van der Waals surface area contributed by atoms with Crippen molar-refractivity contribution in [2.45, 2.75) is 0 Å². The van der Waals surface area contributed by atoms with Crippen molar-refractivity contribution in [2.75, 3.05) is 5.73 Å². The molecule has 0 unspecified atom stereocenters. The number of nitrogens with zero attached hydrogens (tertiary/aromatic N) is 4. The topological polar surface area (TPSA) is 69.6 Å². The fourth-order valence-electron chi connectivity index (χ4n) is 2.12. The third-order valence-corrected chi connectivity index (χ3v) is 3.67. The lowest BCUT2D eigenvalue weighted by Gasteiger charge is -2.07. The average molecular weight is 320 g/mol. The molecule has 7 heteroatoms. The van der Waals surface area contributed by atoms with E-state index in [9.17, 15) is 0 Å². The normalized spacial score (nSPS) is 10.8. The number of aryl methyl sites for hydroxylation is 1. The molecule has 0 aliphatic rings. The van der Waals surface area contributed by atoms with Crippen LogP contribution in [0.5, 0.6) is 0 Å². The van der Waals surface area contributed by atoms with Crippen LogP contribution in [0.4, 0.5) is 5.82 Å². The van der Waals surface area contributed by atoms with Crippen LogP contribution in [-0.4, -0.2) is 19.7 Å². The van der Waals surface area contributed by atoms with Crippen molar-refractivity contribution in [3.8, 4) is 22.4 Å². The van der Waals surface area contributed by atoms with Crippen molar-refractivity contribution in [3.63, 3.8) is 0 Å². The predicted molar refractivity (Wildman–Crippen MR) is 84.1 cm³/mol. The first-order chi connectivity index (χ1) is 10.1. The molecular formula is C14H11Cl2N5. The molecule has 3 rings (SSSR count). The minimum absolute atomic E-state index is 0.512. The van der Waals surface area contributed by atoms with Crippen LogP contribution in [0.1, 0.15) is 0 Å². The molecule has 0 aliphatic carbocycles. The number of hydrogen-bond donors (Lipinski definition) is 1. The molecule has 106 valence electrons. The second-order valence-corrected chi connectivity index (χ2v) is 5.33. The average Bonchev–Trinajstić information content (AvgIpc) is 2.76. The molecule has 2 N–H and O–H groups in total. The van der Waals surface area contributed by atoms with Crippen LogP contribution in [0.2, 0.25) is 10.0 Å². The maximum absolute atomic E-state index is 6.30. The lowest BCUT2D eigenvalue weighted by atomic mass is 10.0. The van der Waals surface area contributed by atoms with Gasteiger partial charge in [0.1, 0.15) is 17.8 Å². The fraction of sp³-hybridized carbons (Fsp3) is 0.0714. The lowest BCUT2D eigenvalue weighted by Crippen LogP contribution is -1.98. The Morgan fingerprint density at radius 3 is 2.52 bits per heavy atom. The summed E-state index contributed by atoms with van der Waals surface area (Å²) in [5.74, 6) is 0.512. The van der Waals surface area contributed by atoms with Gasteiger partial charge in [-0.3, -0.25) is 4.68 Å². The summed E-state index contributed by atoms with van der Waals surface area (Å²) in [5.41, 5.74) is 9.11. The zero-order valence-electron chi connectivity index (χ0n) is 11.1. The molecule has 2 aromatic heterocycles. The molecule has 0 atom stereocenters. The van der Waals surface area contributed by atoms with Gasteiger partial charge < -0.3 is 5.73 Å². The van der Waals surface area contributed by atoms with Crippen molar-refractivity contribution in [2.24, 2.45) is 7.05 Å². The molecule has 0 saturated heterocycles. The number of benzene rings is 1. The van der Waals surface area contributed by atoms with E-state index in [1.165, 1.54) is 6.33 Å². The predicted octanol–water partition coefficient (Wildman–Crippen LogP) is 3.43. The van der Waals surface area contributed by atoms with Gasteiger partial charge in [-0.2, -0.15) is 5.10 Å². The second-order valence-electron chi connectivity index (χ2n) is 4.48. The van der Waals surface area contributed by atoms with Crippen LogP contribution >= 0.6 is 23.2 Å². The van der Waals surface area contributed by atoms with Crippen LogP contribution in [0.25, 0.3) is 22.4 Å². The maximum Gasteiger partial charge on any atom is 0.129 e. The van der Waals surface area contributed by atoms with E-state index in [0.29, 0.717) is 21.6 Å². The van der Waals surface area contributed by atoms with Crippen molar-refractivity contribution in [3.05, 3.63) is 47.0 Å². The Morgan fingerprint density at radius 1 is 1.14 bits per heavy atom. The first kappa shape index (κ1) is 13.9. The summed E-state index contributed by atoms with van der Waals surface area (Å²) in [4.78, 5) is 8.03. The summed E-state index contributed by atoms with van der Waals surface area (Å²) in [5, 5.41) is 5.52. The van der Waals surface area contributed by atoms with Crippen molar-refractivity contribution in [1.82, 2.24) is 19.7 Å². The molecule has 21 heavy (non-hydrogen) atoms. The van der Waals surface area contributed by atoms with Gasteiger partial charge in [0.2, 0.25) is 0 Å². The third kappa shape index (κ3) is 2.46. The smallest absolute Gasteiger partial charge is 0.129 e. The molecule has 0 aliphatic heterocycles. The monoisotopic (exact) mass is 319 g/mol. The summed E-state index contributed by atoms with van der Waals surface area (Å²) >= 11 is 12.2. The molecular weight excluding hydrogens is 309 g/mol. The summed E-state index contributed by atoms with van der Waals surface area (Å²) in [7, 11) is 1.77. The van der Waals surface area contributed by atoms with E-state index in [0.717, 1.165) is 16.7 Å². The minimum Gasteiger partial charge on any atom is -0.383 e. The summed E-state index contributed by atoms with van der Waals surface area (Å²) in [6, 6.07) is 5.27. The Kier molecular flexibility index (Phi) is 3.53. The Hall–Kier alpha value is -2.11. The number of anilines is 1. The highest BCUT2D eigenvalue weighted by Gasteiger charge is 2.19. The first-order valence-electron chi connectivity index (χ1n) is 6.11. The summed E-state index contributed by atoms with van der Waals surface area (Å²) < 4.78 is 1.60. The third-order valence-electron chi connectivity index (χ3n) is 3.13. The Balaban J connectivity index is 2.27. The van der Waals surface area contributed by atoms with E-state index >= 15 is 0 Å². The van der Waals surface area contributed by atoms with E-state index in [4.69, 9.17) is 28.9 Å². The van der Waals surface area contributed by atoms with Crippen LogP contribution in [-0.2, 0) is 7.05 Å². The van der Waals surface area contributed by atoms with Crippen LogP contribution < -0.4 is 5.73 Å². The van der Waals surface area contributed by atoms with E-state index < -0.39 is 0 Å². The molecule has 3 aromatic rings. The number of rotatable bonds is 2. The number of nitrogen functional groups attached to an aromatic ring is 1. The molecule has 0 saturated carbocycles. The van der Waals surface area contributed by atoms with Crippen LogP contribution in [0.15, 0.2) is 36.9 Å². The van der Waals surface area contributed by atoms with E-state index in [1.807, 2.05) is 6.07 Å². The standard InChI is InChI=1S/C14H11Cl2N5/c1-21-14(17)12(10-3-2-9(15)4-11(10)16)13(20-21)8-5-18-7-19-6-8/h2-7H,17H2,1H3. The SMILES string of the molecule is Cn1nc(-c2cncnc2)c(-c2ccc(Cl)cc2Cl)c1N. The van der Waals surface area contributed by atoms with Crippen molar-refractivity contribution in [1.29, 1.82) is 0 Å². The van der Waals surface area contributed by atoms with Gasteiger partial charge in [-0.1, -0.05) is 29.3 Å². The zero-order chi connectivity index (χ0) is 15.0. The van der Waals surface area contributed by atoms with Gasteiger partial charge in [-0.15, -0.1) is 0 Å². The molecule has 0 amide bonds. The molecule has 0 radical (unpaired) electrons. The quantitative estimate of drug-likeness (QED) is 0.785. The van der Waals surface area contributed by atoms with Gasteiger partial charge in [-0.25, -0.2) is 9.97 Å². The summed E-state index contributed by atoms with van der Waals surface area (Å²) in [6.07, 6.45) is 4.83. The Bertz CT molecular complexity index is 799. The van der Waals surface area contributed by atoms with Gasteiger partial charge in [0.05, 0.1) is 10.6 Å². The highest BCUT2D eigenvalue weighted by atomic mass is 35.5. The maximum atomic E-state index is 6.30. The number of hydrogen-bond acceptors (Lipinski definition) is 4. The molecule has 0 bridgehead atoms. The van der Waals surface area contributed by atoms with E-state index in [1.54, 1.807) is 36.3 Å². The van der Waals surface area contributed by atoms with Gasteiger partial charge >= 0.3 is 0 Å². The second kappa shape index (κ2) is 5.35. The molecule has 5 nitrogen and oxygen atoms in total. The largest absolute Gasteiger partial charge is 0.383 e. The molecule has 0 spiro atoms. The molecule has 1 aromatic carbocycles. The number of nitrogens with two attached hydrogens (primary N) is 1. The van der Waals surface area contributed by atoms with E-state index in [-0.39, 0.29) is 0 Å². The zero-order valence-corrected chi connectivity index (χ0v) is 12.6. The van der Waals surface area contributed by atoms with Gasteiger partial charge in [0.25, 0.3) is 0 Å². The molecule has 0 fully saturated rings. The first-order valence-corrected chi connectivity index (χ1v) is 6.87. The van der Waals surface area contributed by atoms with Crippen LogP contribution in [0, 0.1) is 0 Å². The van der Waals surface area contributed by atoms with E-state index in [2.05, 4.69) is 15.1 Å². The van der Waals surface area contributed by atoms with Crippen molar-refractivity contribution >= 4 is 29.0 Å². The fourth-order valence-corrected chi connectivity index (χ4v) is 2.62. The highest BCUT2D eigenvalue weighted by Crippen LogP contribution is 2.39. The van der Waals surface area contributed by atoms with Gasteiger partial charge in [0.15, 0.2) is 0 Å². The summed E-state index contributed by atoms with van der Waals surface area (Å²) in [6.45, 7) is 0. The number of aromatic nitrogens is 4. The minimum atomic E-state index is 0.512. The number of halogens is 2. The molecule has 2 heterocycles. The highest BCUT2D eigenvalue weighted by molar-refractivity contribution is 6.36. The van der Waals surface area contributed by atoms with Gasteiger partial charge in [-0.05, 0) is 12.1 Å². The van der Waals surface area contributed by atoms with Crippen LogP contribution in [0.3, 0.4) is 0 Å².